The highest BCUT2D eigenvalue weighted by Gasteiger charge is 2.06. The van der Waals surface area contributed by atoms with Gasteiger partial charge in [0.2, 0.25) is 0 Å². The van der Waals surface area contributed by atoms with E-state index in [1.807, 2.05) is 11.3 Å². The lowest BCUT2D eigenvalue weighted by Gasteiger charge is -2.05. The van der Waals surface area contributed by atoms with Crippen molar-refractivity contribution in [3.8, 4) is 0 Å². The third-order valence-corrected chi connectivity index (χ3v) is 3.91. The van der Waals surface area contributed by atoms with Gasteiger partial charge < -0.3 is 19.5 Å². The number of aryl methyl sites for hydroxylation is 1. The molecule has 0 saturated heterocycles. The molecule has 5 heteroatoms. The average molecular weight is 301 g/mol. The van der Waals surface area contributed by atoms with Crippen molar-refractivity contribution in [2.24, 2.45) is 0 Å². The van der Waals surface area contributed by atoms with Gasteiger partial charge in [0, 0.05) is 29.5 Å². The second kappa shape index (κ2) is 10.3. The van der Waals surface area contributed by atoms with Crippen LogP contribution in [0.5, 0.6) is 0 Å². The Kier molecular flexibility index (Phi) is 9.05. The zero-order chi connectivity index (χ0) is 14.8. The molecule has 0 aliphatic rings. The SMILES string of the molecule is COCCOCCOCc1cc(CNC(C)C)sc1C. The van der Waals surface area contributed by atoms with Gasteiger partial charge in [0.1, 0.15) is 0 Å². The Hall–Kier alpha value is -0.460. The van der Waals surface area contributed by atoms with Crippen LogP contribution in [0.1, 0.15) is 29.2 Å². The van der Waals surface area contributed by atoms with Gasteiger partial charge in [-0.3, -0.25) is 0 Å². The fraction of sp³-hybridized carbons (Fsp3) is 0.733. The van der Waals surface area contributed by atoms with Crippen molar-refractivity contribution in [2.45, 2.75) is 40.0 Å². The topological polar surface area (TPSA) is 39.7 Å². The summed E-state index contributed by atoms with van der Waals surface area (Å²) in [5.74, 6) is 0. The number of thiophene rings is 1. The molecule has 1 N–H and O–H groups in total. The number of ether oxygens (including phenoxy) is 3. The van der Waals surface area contributed by atoms with Gasteiger partial charge in [-0.15, -0.1) is 11.3 Å². The molecule has 116 valence electrons. The van der Waals surface area contributed by atoms with Crippen LogP contribution in [0.15, 0.2) is 6.07 Å². The van der Waals surface area contributed by atoms with Crippen LogP contribution in [-0.2, 0) is 27.4 Å². The molecule has 0 unspecified atom stereocenters. The highest BCUT2D eigenvalue weighted by Crippen LogP contribution is 2.22. The van der Waals surface area contributed by atoms with Gasteiger partial charge in [-0.05, 0) is 18.6 Å². The molecule has 0 bridgehead atoms. The van der Waals surface area contributed by atoms with Crippen molar-refractivity contribution >= 4 is 11.3 Å². The van der Waals surface area contributed by atoms with Gasteiger partial charge in [-0.1, -0.05) is 13.8 Å². The van der Waals surface area contributed by atoms with E-state index in [2.05, 4.69) is 32.2 Å². The third kappa shape index (κ3) is 7.36. The Morgan fingerprint density at radius 3 is 2.55 bits per heavy atom. The lowest BCUT2D eigenvalue weighted by Crippen LogP contribution is -2.21. The first kappa shape index (κ1) is 17.6. The zero-order valence-electron chi connectivity index (χ0n) is 13.0. The van der Waals surface area contributed by atoms with Gasteiger partial charge in [0.15, 0.2) is 0 Å². The second-order valence-corrected chi connectivity index (χ2v) is 6.33. The minimum atomic E-state index is 0.515. The van der Waals surface area contributed by atoms with Crippen LogP contribution in [0.4, 0.5) is 0 Å². The molecule has 0 saturated carbocycles. The molecule has 1 aromatic heterocycles. The van der Waals surface area contributed by atoms with Crippen molar-refractivity contribution in [2.75, 3.05) is 33.5 Å². The monoisotopic (exact) mass is 301 g/mol. The fourth-order valence-corrected chi connectivity index (χ4v) is 2.67. The molecule has 0 atom stereocenters. The third-order valence-electron chi connectivity index (χ3n) is 2.82. The summed E-state index contributed by atoms with van der Waals surface area (Å²) in [6, 6.07) is 2.75. The minimum Gasteiger partial charge on any atom is -0.382 e. The summed E-state index contributed by atoms with van der Waals surface area (Å²) in [4.78, 5) is 2.71. The van der Waals surface area contributed by atoms with E-state index < -0.39 is 0 Å². The molecule has 1 heterocycles. The quantitative estimate of drug-likeness (QED) is 0.638. The standard InChI is InChI=1S/C15H27NO3S/c1-12(2)16-10-15-9-14(13(3)20-15)11-19-8-7-18-6-5-17-4/h9,12,16H,5-8,10-11H2,1-4H3. The average Bonchev–Trinajstić information content (AvgIpc) is 2.76. The summed E-state index contributed by atoms with van der Waals surface area (Å²) in [5, 5.41) is 3.44. The Labute approximate surface area is 126 Å². The van der Waals surface area contributed by atoms with E-state index in [1.165, 1.54) is 15.3 Å². The predicted molar refractivity (Wildman–Crippen MR) is 83.4 cm³/mol. The van der Waals surface area contributed by atoms with E-state index in [4.69, 9.17) is 14.2 Å². The van der Waals surface area contributed by atoms with Gasteiger partial charge in [-0.25, -0.2) is 0 Å². The summed E-state index contributed by atoms with van der Waals surface area (Å²) in [6.45, 7) is 10.6. The smallest absolute Gasteiger partial charge is 0.0728 e. The summed E-state index contributed by atoms with van der Waals surface area (Å²) in [6.07, 6.45) is 0. The first-order valence-corrected chi connectivity index (χ1v) is 7.91. The summed E-state index contributed by atoms with van der Waals surface area (Å²) in [7, 11) is 1.67. The van der Waals surface area contributed by atoms with Crippen molar-refractivity contribution in [1.29, 1.82) is 0 Å². The molecule has 1 aromatic rings. The Morgan fingerprint density at radius 2 is 1.85 bits per heavy atom. The molecule has 0 aliphatic carbocycles. The van der Waals surface area contributed by atoms with Crippen LogP contribution in [0.25, 0.3) is 0 Å². The molecule has 0 aliphatic heterocycles. The molecule has 4 nitrogen and oxygen atoms in total. The first-order valence-electron chi connectivity index (χ1n) is 7.09. The molecular weight excluding hydrogens is 274 g/mol. The minimum absolute atomic E-state index is 0.515. The van der Waals surface area contributed by atoms with E-state index in [0.29, 0.717) is 39.1 Å². The number of methoxy groups -OCH3 is 1. The highest BCUT2D eigenvalue weighted by molar-refractivity contribution is 7.12. The highest BCUT2D eigenvalue weighted by atomic mass is 32.1. The summed E-state index contributed by atoms with van der Waals surface area (Å²) >= 11 is 1.84. The van der Waals surface area contributed by atoms with Gasteiger partial charge in [0.25, 0.3) is 0 Å². The summed E-state index contributed by atoms with van der Waals surface area (Å²) < 4.78 is 15.9. The van der Waals surface area contributed by atoms with Crippen LogP contribution < -0.4 is 5.32 Å². The van der Waals surface area contributed by atoms with Crippen LogP contribution in [-0.4, -0.2) is 39.6 Å². The van der Waals surface area contributed by atoms with Crippen molar-refractivity contribution in [1.82, 2.24) is 5.32 Å². The molecule has 1 rings (SSSR count). The number of nitrogens with one attached hydrogen (secondary N) is 1. The Bertz CT molecular complexity index is 366. The second-order valence-electron chi connectivity index (χ2n) is 4.99. The normalized spacial score (nSPS) is 11.4. The van der Waals surface area contributed by atoms with E-state index in [9.17, 15) is 0 Å². The van der Waals surface area contributed by atoms with E-state index >= 15 is 0 Å². The first-order chi connectivity index (χ1) is 9.63. The summed E-state index contributed by atoms with van der Waals surface area (Å²) in [5.41, 5.74) is 1.28. The molecule has 0 radical (unpaired) electrons. The number of hydrogen-bond donors (Lipinski definition) is 1. The zero-order valence-corrected chi connectivity index (χ0v) is 13.8. The van der Waals surface area contributed by atoms with Gasteiger partial charge in [0.05, 0.1) is 33.0 Å². The number of hydrogen-bond acceptors (Lipinski definition) is 5. The molecule has 20 heavy (non-hydrogen) atoms. The van der Waals surface area contributed by atoms with Crippen molar-refractivity contribution in [3.05, 3.63) is 21.4 Å². The lowest BCUT2D eigenvalue weighted by molar-refractivity contribution is 0.0199. The van der Waals surface area contributed by atoms with Crippen molar-refractivity contribution < 1.29 is 14.2 Å². The van der Waals surface area contributed by atoms with Crippen LogP contribution in [0, 0.1) is 6.92 Å². The Balaban J connectivity index is 2.19. The van der Waals surface area contributed by atoms with E-state index in [0.717, 1.165) is 6.54 Å². The fourth-order valence-electron chi connectivity index (χ4n) is 1.67. The molecule has 0 amide bonds. The Morgan fingerprint density at radius 1 is 1.15 bits per heavy atom. The molecule has 0 fully saturated rings. The van der Waals surface area contributed by atoms with Crippen LogP contribution >= 0.6 is 11.3 Å². The van der Waals surface area contributed by atoms with Crippen LogP contribution in [0.2, 0.25) is 0 Å². The van der Waals surface area contributed by atoms with Crippen molar-refractivity contribution in [3.63, 3.8) is 0 Å². The molecule has 0 aromatic carbocycles. The molecular formula is C15H27NO3S. The maximum atomic E-state index is 5.64. The van der Waals surface area contributed by atoms with Gasteiger partial charge in [-0.2, -0.15) is 0 Å². The predicted octanol–water partition coefficient (Wildman–Crippen LogP) is 2.73. The van der Waals surface area contributed by atoms with Crippen LogP contribution in [0.3, 0.4) is 0 Å². The van der Waals surface area contributed by atoms with Gasteiger partial charge >= 0.3 is 0 Å². The maximum absolute atomic E-state index is 5.64. The lowest BCUT2D eigenvalue weighted by atomic mass is 10.2. The largest absolute Gasteiger partial charge is 0.382 e. The molecule has 0 spiro atoms. The van der Waals surface area contributed by atoms with E-state index in [-0.39, 0.29) is 0 Å². The van der Waals surface area contributed by atoms with E-state index in [1.54, 1.807) is 7.11 Å². The maximum Gasteiger partial charge on any atom is 0.0728 e. The number of rotatable bonds is 11.